The van der Waals surface area contributed by atoms with E-state index in [1.165, 1.54) is 0 Å². The maximum atomic E-state index is 5.84. The van der Waals surface area contributed by atoms with Gasteiger partial charge in [-0.05, 0) is 39.3 Å². The van der Waals surface area contributed by atoms with Crippen LogP contribution in [0.2, 0.25) is 0 Å². The highest BCUT2D eigenvalue weighted by molar-refractivity contribution is 5.02. The Morgan fingerprint density at radius 1 is 1.18 bits per heavy atom. The first-order chi connectivity index (χ1) is 8.03. The van der Waals surface area contributed by atoms with E-state index in [4.69, 9.17) is 9.15 Å². The lowest BCUT2D eigenvalue weighted by Gasteiger charge is -2.25. The van der Waals surface area contributed by atoms with Gasteiger partial charge in [-0.15, -0.1) is 0 Å². The van der Waals surface area contributed by atoms with E-state index >= 15 is 0 Å². The van der Waals surface area contributed by atoms with Crippen molar-refractivity contribution in [2.45, 2.75) is 73.5 Å². The van der Waals surface area contributed by atoms with E-state index in [1.54, 1.807) is 6.26 Å². The zero-order chi connectivity index (χ0) is 13.9. The van der Waals surface area contributed by atoms with Gasteiger partial charge in [0.1, 0.15) is 11.9 Å². The SMILES string of the molecule is CC.CC.CCC(OC(C)(C)C)c1ccco1. The summed E-state index contributed by atoms with van der Waals surface area (Å²) in [5.41, 5.74) is -0.118. The summed E-state index contributed by atoms with van der Waals surface area (Å²) in [6.07, 6.45) is 2.70. The molecule has 2 nitrogen and oxygen atoms in total. The number of rotatable bonds is 3. The summed E-state index contributed by atoms with van der Waals surface area (Å²) in [6.45, 7) is 16.3. The van der Waals surface area contributed by atoms with E-state index in [2.05, 4.69) is 27.7 Å². The molecule has 0 radical (unpaired) electrons. The molecule has 1 aromatic rings. The monoisotopic (exact) mass is 242 g/mol. The van der Waals surface area contributed by atoms with Crippen molar-refractivity contribution in [3.8, 4) is 0 Å². The Morgan fingerprint density at radius 2 is 1.71 bits per heavy atom. The van der Waals surface area contributed by atoms with Gasteiger partial charge < -0.3 is 9.15 Å². The van der Waals surface area contributed by atoms with Crippen molar-refractivity contribution < 1.29 is 9.15 Å². The highest BCUT2D eigenvalue weighted by Crippen LogP contribution is 2.26. The molecule has 1 heterocycles. The second kappa shape index (κ2) is 10.4. The summed E-state index contributed by atoms with van der Waals surface area (Å²) in [4.78, 5) is 0. The molecule has 0 bridgehead atoms. The van der Waals surface area contributed by atoms with Crippen LogP contribution in [-0.4, -0.2) is 5.60 Å². The van der Waals surface area contributed by atoms with Crippen LogP contribution in [0.15, 0.2) is 22.8 Å². The van der Waals surface area contributed by atoms with Crippen LogP contribution in [0.25, 0.3) is 0 Å². The Labute approximate surface area is 107 Å². The summed E-state index contributed by atoms with van der Waals surface area (Å²) in [7, 11) is 0. The van der Waals surface area contributed by atoms with Gasteiger partial charge >= 0.3 is 0 Å². The van der Waals surface area contributed by atoms with E-state index in [-0.39, 0.29) is 11.7 Å². The van der Waals surface area contributed by atoms with Crippen molar-refractivity contribution in [3.05, 3.63) is 24.2 Å². The zero-order valence-corrected chi connectivity index (χ0v) is 12.8. The molecule has 2 heteroatoms. The Bertz CT molecular complexity index is 232. The molecule has 0 N–H and O–H groups in total. The fraction of sp³-hybridized carbons (Fsp3) is 0.733. The van der Waals surface area contributed by atoms with E-state index in [9.17, 15) is 0 Å². The van der Waals surface area contributed by atoms with Gasteiger partial charge in [0.2, 0.25) is 0 Å². The fourth-order valence-corrected chi connectivity index (χ4v) is 1.24. The van der Waals surface area contributed by atoms with Crippen molar-refractivity contribution in [3.63, 3.8) is 0 Å². The molecule has 0 spiro atoms. The van der Waals surface area contributed by atoms with Crippen LogP contribution in [0.1, 0.15) is 73.7 Å². The predicted molar refractivity (Wildman–Crippen MR) is 75.3 cm³/mol. The molecule has 1 atom stereocenters. The molecule has 1 unspecified atom stereocenters. The van der Waals surface area contributed by atoms with Gasteiger partial charge in [-0.3, -0.25) is 0 Å². The summed E-state index contributed by atoms with van der Waals surface area (Å²) in [5.74, 6) is 0.914. The summed E-state index contributed by atoms with van der Waals surface area (Å²) in [6, 6.07) is 3.85. The van der Waals surface area contributed by atoms with Crippen molar-refractivity contribution >= 4 is 0 Å². The number of hydrogen-bond acceptors (Lipinski definition) is 2. The molecule has 1 rings (SSSR count). The summed E-state index contributed by atoms with van der Waals surface area (Å²) < 4.78 is 11.1. The molecular formula is C15H30O2. The van der Waals surface area contributed by atoms with Crippen LogP contribution in [-0.2, 0) is 4.74 Å². The molecule has 0 saturated carbocycles. The number of ether oxygens (including phenoxy) is 1. The van der Waals surface area contributed by atoms with Crippen LogP contribution in [0, 0.1) is 0 Å². The third kappa shape index (κ3) is 8.99. The first-order valence-corrected chi connectivity index (χ1v) is 6.74. The van der Waals surface area contributed by atoms with Gasteiger partial charge in [-0.1, -0.05) is 34.6 Å². The Hall–Kier alpha value is -0.760. The molecule has 0 aliphatic heterocycles. The van der Waals surface area contributed by atoms with Gasteiger partial charge in [0, 0.05) is 0 Å². The Morgan fingerprint density at radius 3 is 2.00 bits per heavy atom. The lowest BCUT2D eigenvalue weighted by molar-refractivity contribution is -0.0716. The minimum atomic E-state index is -0.118. The van der Waals surface area contributed by atoms with Crippen molar-refractivity contribution in [2.75, 3.05) is 0 Å². The van der Waals surface area contributed by atoms with Gasteiger partial charge in [0.15, 0.2) is 0 Å². The molecule has 0 aliphatic carbocycles. The fourth-order valence-electron chi connectivity index (χ4n) is 1.24. The largest absolute Gasteiger partial charge is 0.467 e. The average Bonchev–Trinajstić information content (AvgIpc) is 2.83. The predicted octanol–water partition coefficient (Wildman–Crippen LogP) is 5.60. The van der Waals surface area contributed by atoms with Gasteiger partial charge in [-0.25, -0.2) is 0 Å². The third-order valence-corrected chi connectivity index (χ3v) is 1.73. The standard InChI is InChI=1S/C11H18O2.2C2H6/c1-5-9(13-11(2,3)4)10-7-6-8-12-10;2*1-2/h6-9H,5H2,1-4H3;2*1-2H3. The van der Waals surface area contributed by atoms with Crippen LogP contribution in [0.4, 0.5) is 0 Å². The molecule has 17 heavy (non-hydrogen) atoms. The smallest absolute Gasteiger partial charge is 0.132 e. The highest BCUT2D eigenvalue weighted by atomic mass is 16.5. The van der Waals surface area contributed by atoms with Crippen molar-refractivity contribution in [2.24, 2.45) is 0 Å². The normalized spacial score (nSPS) is 11.8. The van der Waals surface area contributed by atoms with Crippen molar-refractivity contribution in [1.29, 1.82) is 0 Å². The van der Waals surface area contributed by atoms with Crippen LogP contribution in [0.3, 0.4) is 0 Å². The average molecular weight is 242 g/mol. The molecule has 0 aromatic carbocycles. The molecule has 0 amide bonds. The van der Waals surface area contributed by atoms with E-state index in [1.807, 2.05) is 39.8 Å². The maximum absolute atomic E-state index is 5.84. The molecule has 0 fully saturated rings. The Balaban J connectivity index is 0. The lowest BCUT2D eigenvalue weighted by atomic mass is 10.1. The van der Waals surface area contributed by atoms with Crippen LogP contribution >= 0.6 is 0 Å². The summed E-state index contributed by atoms with van der Waals surface area (Å²) >= 11 is 0. The molecule has 0 saturated heterocycles. The second-order valence-electron chi connectivity index (χ2n) is 4.14. The van der Waals surface area contributed by atoms with E-state index in [0.717, 1.165) is 12.2 Å². The minimum absolute atomic E-state index is 0.0787. The molecule has 102 valence electrons. The maximum Gasteiger partial charge on any atom is 0.132 e. The zero-order valence-electron chi connectivity index (χ0n) is 12.8. The van der Waals surface area contributed by atoms with Crippen molar-refractivity contribution in [1.82, 2.24) is 0 Å². The quantitative estimate of drug-likeness (QED) is 0.688. The third-order valence-electron chi connectivity index (χ3n) is 1.73. The van der Waals surface area contributed by atoms with Gasteiger partial charge in [-0.2, -0.15) is 0 Å². The lowest BCUT2D eigenvalue weighted by Crippen LogP contribution is -2.22. The van der Waals surface area contributed by atoms with E-state index in [0.29, 0.717) is 0 Å². The number of furan rings is 1. The Kier molecular flexibility index (Phi) is 11.4. The first kappa shape index (κ1) is 18.6. The second-order valence-corrected chi connectivity index (χ2v) is 4.14. The molecular weight excluding hydrogens is 212 g/mol. The van der Waals surface area contributed by atoms with E-state index < -0.39 is 0 Å². The topological polar surface area (TPSA) is 22.4 Å². The van der Waals surface area contributed by atoms with Gasteiger partial charge in [0.25, 0.3) is 0 Å². The minimum Gasteiger partial charge on any atom is -0.467 e. The molecule has 1 aromatic heterocycles. The first-order valence-electron chi connectivity index (χ1n) is 6.74. The molecule has 0 aliphatic rings. The van der Waals surface area contributed by atoms with Crippen LogP contribution < -0.4 is 0 Å². The highest BCUT2D eigenvalue weighted by Gasteiger charge is 2.20. The van der Waals surface area contributed by atoms with Crippen LogP contribution in [0.5, 0.6) is 0 Å². The number of hydrogen-bond donors (Lipinski definition) is 0. The summed E-state index contributed by atoms with van der Waals surface area (Å²) in [5, 5.41) is 0. The van der Waals surface area contributed by atoms with Gasteiger partial charge in [0.05, 0.1) is 11.9 Å².